The second-order valence-corrected chi connectivity index (χ2v) is 7.52. The Morgan fingerprint density at radius 2 is 2.10 bits per heavy atom. The molecule has 6 nitrogen and oxygen atoms in total. The summed E-state index contributed by atoms with van der Waals surface area (Å²) in [4.78, 5) is 11.3. The van der Waals surface area contributed by atoms with Crippen molar-refractivity contribution in [3.63, 3.8) is 0 Å². The first kappa shape index (κ1) is 15.7. The molecule has 1 fully saturated rings. The van der Waals surface area contributed by atoms with E-state index in [-0.39, 0.29) is 4.47 Å². The molecule has 2 rings (SSSR count). The van der Waals surface area contributed by atoms with Gasteiger partial charge in [-0.2, -0.15) is 8.42 Å². The van der Waals surface area contributed by atoms with Gasteiger partial charge in [-0.05, 0) is 47.4 Å². The van der Waals surface area contributed by atoms with Gasteiger partial charge < -0.3 is 14.6 Å². The lowest BCUT2D eigenvalue weighted by atomic mass is 10.2. The minimum absolute atomic E-state index is 0.181. The van der Waals surface area contributed by atoms with E-state index in [1.165, 1.54) is 12.1 Å². The zero-order chi connectivity index (χ0) is 14.9. The molecule has 0 aromatic heterocycles. The summed E-state index contributed by atoms with van der Waals surface area (Å²) in [6.07, 6.45) is 1.32. The van der Waals surface area contributed by atoms with Gasteiger partial charge in [0.15, 0.2) is 5.75 Å². The molecule has 9 heteroatoms. The van der Waals surface area contributed by atoms with Crippen LogP contribution >= 0.6 is 31.9 Å². The second kappa shape index (κ2) is 6.00. The van der Waals surface area contributed by atoms with E-state index in [0.29, 0.717) is 17.4 Å². The van der Waals surface area contributed by atoms with Gasteiger partial charge in [-0.25, -0.2) is 4.79 Å². The summed E-state index contributed by atoms with van der Waals surface area (Å²) < 4.78 is 29.3. The molecule has 0 amide bonds. The summed E-state index contributed by atoms with van der Waals surface area (Å²) >= 11 is 6.14. The summed E-state index contributed by atoms with van der Waals surface area (Å²) in [5.41, 5.74) is 0. The Labute approximate surface area is 132 Å². The molecule has 0 saturated carbocycles. The number of carbonyl (C=O) groups is 1. The van der Waals surface area contributed by atoms with Gasteiger partial charge in [-0.15, -0.1) is 0 Å². The maximum absolute atomic E-state index is 12.1. The van der Waals surface area contributed by atoms with E-state index in [1.807, 2.05) is 0 Å². The molecule has 1 saturated heterocycles. The van der Waals surface area contributed by atoms with E-state index in [4.69, 9.17) is 0 Å². The minimum atomic E-state index is -4.37. The van der Waals surface area contributed by atoms with Crippen molar-refractivity contribution in [1.29, 1.82) is 0 Å². The fraction of sp³-hybridized carbons (Fsp3) is 0.364. The minimum Gasteiger partial charge on any atom is -0.505 e. The Morgan fingerprint density at radius 3 is 2.70 bits per heavy atom. The van der Waals surface area contributed by atoms with Crippen LogP contribution in [0.15, 0.2) is 26.0 Å². The molecule has 1 aromatic rings. The third kappa shape index (κ3) is 3.33. The third-order valence-corrected chi connectivity index (χ3v) is 5.10. The quantitative estimate of drug-likeness (QED) is 0.714. The molecule has 0 aliphatic carbocycles. The summed E-state index contributed by atoms with van der Waals surface area (Å²) in [5.74, 6) is -1.36. The highest BCUT2D eigenvalue weighted by atomic mass is 79.9. The highest BCUT2D eigenvalue weighted by Crippen LogP contribution is 2.35. The van der Waals surface area contributed by atoms with Crippen LogP contribution in [0.4, 0.5) is 0 Å². The molecule has 0 unspecified atom stereocenters. The lowest BCUT2D eigenvalue weighted by Gasteiger charge is -2.12. The number of nitrogens with one attached hydrogen (secondary N) is 1. The van der Waals surface area contributed by atoms with Gasteiger partial charge in [-0.1, -0.05) is 15.9 Å². The monoisotopic (exact) mass is 427 g/mol. The van der Waals surface area contributed by atoms with E-state index in [2.05, 4.69) is 41.4 Å². The van der Waals surface area contributed by atoms with Crippen molar-refractivity contribution in [2.75, 3.05) is 6.54 Å². The zero-order valence-corrected chi connectivity index (χ0v) is 14.1. The van der Waals surface area contributed by atoms with Gasteiger partial charge in [0.1, 0.15) is 10.9 Å². The summed E-state index contributed by atoms with van der Waals surface area (Å²) in [6.45, 7) is 0.646. The normalized spacial score (nSPS) is 19.0. The highest BCUT2D eigenvalue weighted by molar-refractivity contribution is 9.11. The van der Waals surface area contributed by atoms with E-state index in [1.54, 1.807) is 0 Å². The SMILES string of the molecule is O=C(OS(=O)(=O)c1cc(Br)cc(Br)c1O)[C@H]1CCCN1. The van der Waals surface area contributed by atoms with Gasteiger partial charge in [0.05, 0.1) is 4.47 Å². The molecular weight excluding hydrogens is 418 g/mol. The standard InChI is InChI=1S/C11H11Br2NO5S/c12-6-4-7(13)10(15)9(5-6)20(17,18)19-11(16)8-2-1-3-14-8/h4-5,8,14-15H,1-3H2/t8-/m1/s1. The molecule has 0 radical (unpaired) electrons. The van der Waals surface area contributed by atoms with E-state index in [9.17, 15) is 18.3 Å². The fourth-order valence-corrected chi connectivity index (χ4v) is 4.38. The summed E-state index contributed by atoms with van der Waals surface area (Å²) in [5, 5.41) is 12.6. The molecule has 1 heterocycles. The molecule has 1 aliphatic rings. The van der Waals surface area contributed by atoms with Crippen LogP contribution in [0.1, 0.15) is 12.8 Å². The third-order valence-electron chi connectivity index (χ3n) is 2.80. The molecule has 1 aliphatic heterocycles. The van der Waals surface area contributed by atoms with Gasteiger partial charge in [0.2, 0.25) is 0 Å². The van der Waals surface area contributed by atoms with Crippen molar-refractivity contribution in [1.82, 2.24) is 5.32 Å². The predicted octanol–water partition coefficient (Wildman–Crippen LogP) is 1.90. The lowest BCUT2D eigenvalue weighted by molar-refractivity contribution is -0.135. The molecule has 20 heavy (non-hydrogen) atoms. The van der Waals surface area contributed by atoms with Crippen LogP contribution in [-0.2, 0) is 19.1 Å². The first-order valence-electron chi connectivity index (χ1n) is 5.71. The van der Waals surface area contributed by atoms with Crippen LogP contribution in [0.25, 0.3) is 0 Å². The average molecular weight is 429 g/mol. The number of halogens is 2. The Kier molecular flexibility index (Phi) is 4.73. The topological polar surface area (TPSA) is 92.7 Å². The largest absolute Gasteiger partial charge is 0.505 e. The van der Waals surface area contributed by atoms with Crippen molar-refractivity contribution in [2.24, 2.45) is 0 Å². The number of benzene rings is 1. The van der Waals surface area contributed by atoms with E-state index in [0.717, 1.165) is 6.42 Å². The number of rotatable bonds is 3. The van der Waals surface area contributed by atoms with Gasteiger partial charge in [0.25, 0.3) is 0 Å². The van der Waals surface area contributed by atoms with Gasteiger partial charge >= 0.3 is 16.1 Å². The van der Waals surface area contributed by atoms with Crippen LogP contribution in [0.2, 0.25) is 0 Å². The first-order chi connectivity index (χ1) is 9.31. The Bertz CT molecular complexity index is 640. The second-order valence-electron chi connectivity index (χ2n) is 4.24. The zero-order valence-electron chi connectivity index (χ0n) is 10.1. The molecule has 1 aromatic carbocycles. The number of carbonyl (C=O) groups excluding carboxylic acids is 1. The molecule has 2 N–H and O–H groups in total. The summed E-state index contributed by atoms with van der Waals surface area (Å²) in [7, 11) is -4.37. The number of hydrogen-bond donors (Lipinski definition) is 2. The number of phenols is 1. The van der Waals surface area contributed by atoms with Crippen molar-refractivity contribution < 1.29 is 22.5 Å². The van der Waals surface area contributed by atoms with Crippen molar-refractivity contribution in [2.45, 2.75) is 23.8 Å². The van der Waals surface area contributed by atoms with Crippen LogP contribution in [0.5, 0.6) is 5.75 Å². The molecule has 110 valence electrons. The first-order valence-corrected chi connectivity index (χ1v) is 8.70. The van der Waals surface area contributed by atoms with Crippen molar-refractivity contribution >= 4 is 47.9 Å². The van der Waals surface area contributed by atoms with Crippen molar-refractivity contribution in [3.8, 4) is 5.75 Å². The average Bonchev–Trinajstić information content (AvgIpc) is 2.86. The van der Waals surface area contributed by atoms with Crippen LogP contribution in [0, 0.1) is 0 Å². The highest BCUT2D eigenvalue weighted by Gasteiger charge is 2.31. The van der Waals surface area contributed by atoms with Gasteiger partial charge in [-0.3, -0.25) is 0 Å². The summed E-state index contributed by atoms with van der Waals surface area (Å²) in [6, 6.07) is 2.03. The fourth-order valence-electron chi connectivity index (χ4n) is 1.83. The Morgan fingerprint density at radius 1 is 1.40 bits per heavy atom. The van der Waals surface area contributed by atoms with Crippen LogP contribution in [0.3, 0.4) is 0 Å². The number of aromatic hydroxyl groups is 1. The van der Waals surface area contributed by atoms with E-state index >= 15 is 0 Å². The number of hydrogen-bond acceptors (Lipinski definition) is 6. The van der Waals surface area contributed by atoms with E-state index < -0.39 is 32.8 Å². The Balaban J connectivity index is 2.28. The van der Waals surface area contributed by atoms with Crippen LogP contribution in [-0.4, -0.2) is 32.1 Å². The Hall–Kier alpha value is -0.640. The maximum atomic E-state index is 12.1. The maximum Gasteiger partial charge on any atom is 0.345 e. The molecular formula is C11H11Br2NO5S. The van der Waals surface area contributed by atoms with Crippen molar-refractivity contribution in [3.05, 3.63) is 21.1 Å². The lowest BCUT2D eigenvalue weighted by Crippen LogP contribution is -2.33. The number of phenolic OH excluding ortho intramolecular Hbond substituents is 1. The smallest absolute Gasteiger partial charge is 0.345 e. The predicted molar refractivity (Wildman–Crippen MR) is 77.8 cm³/mol. The molecule has 1 atom stereocenters. The van der Waals surface area contributed by atoms with Gasteiger partial charge in [0, 0.05) is 4.47 Å². The van der Waals surface area contributed by atoms with Crippen LogP contribution < -0.4 is 5.32 Å². The molecule has 0 spiro atoms. The molecule has 0 bridgehead atoms.